The molecule has 0 aliphatic carbocycles. The Hall–Kier alpha value is -2.42. The van der Waals surface area contributed by atoms with Crippen LogP contribution < -0.4 is 0 Å². The van der Waals surface area contributed by atoms with Crippen LogP contribution in [0.25, 0.3) is 0 Å². The molecule has 0 fully saturated rings. The second-order valence-corrected chi connectivity index (χ2v) is 4.25. The Morgan fingerprint density at radius 3 is 1.86 bits per heavy atom. The van der Waals surface area contributed by atoms with E-state index in [2.05, 4.69) is 4.99 Å². The minimum Gasteiger partial charge on any atom is -0.462 e. The molecular weight excluding hydrogens is 274 g/mol. The summed E-state index contributed by atoms with van der Waals surface area (Å²) in [6, 6.07) is 19.6. The minimum absolute atomic E-state index is 0.193. The van der Waals surface area contributed by atoms with E-state index in [0.717, 1.165) is 11.1 Å². The standard InChI is InChI=1S/C17H17NO2.C2H6/c1-2-20-16(19)13-18-17(14-9-5-3-6-10-14)15-11-7-4-8-12-15;1-2/h3-13,17H,2H2,1H3;1-2H3. The maximum Gasteiger partial charge on any atom is 0.348 e. The molecule has 0 radical (unpaired) electrons. The molecule has 0 aromatic heterocycles. The van der Waals surface area contributed by atoms with Gasteiger partial charge in [0.05, 0.1) is 6.61 Å². The first kappa shape index (κ1) is 17.6. The summed E-state index contributed by atoms with van der Waals surface area (Å²) in [4.78, 5) is 15.8. The molecule has 3 heteroatoms. The Bertz CT molecular complexity index is 525. The number of nitrogens with zero attached hydrogens (tertiary/aromatic N) is 1. The second-order valence-electron chi connectivity index (χ2n) is 4.25. The van der Waals surface area contributed by atoms with Crippen molar-refractivity contribution in [3.63, 3.8) is 0 Å². The number of rotatable bonds is 5. The number of esters is 1. The first-order valence-electron chi connectivity index (χ1n) is 7.61. The van der Waals surface area contributed by atoms with Gasteiger partial charge in [-0.25, -0.2) is 4.79 Å². The fraction of sp³-hybridized carbons (Fsp3) is 0.263. The number of ether oxygens (including phenoxy) is 1. The number of hydrogen-bond acceptors (Lipinski definition) is 3. The molecule has 2 aromatic rings. The molecule has 22 heavy (non-hydrogen) atoms. The maximum atomic E-state index is 11.4. The summed E-state index contributed by atoms with van der Waals surface area (Å²) < 4.78 is 4.88. The predicted molar refractivity (Wildman–Crippen MR) is 91.2 cm³/mol. The first-order valence-corrected chi connectivity index (χ1v) is 7.61. The van der Waals surface area contributed by atoms with E-state index in [0.29, 0.717) is 6.61 Å². The lowest BCUT2D eigenvalue weighted by Crippen LogP contribution is -2.07. The molecule has 116 valence electrons. The Labute approximate surface area is 132 Å². The van der Waals surface area contributed by atoms with Crippen LogP contribution in [-0.4, -0.2) is 18.8 Å². The van der Waals surface area contributed by atoms with Crippen LogP contribution >= 0.6 is 0 Å². The van der Waals surface area contributed by atoms with Gasteiger partial charge in [0.15, 0.2) is 0 Å². The number of benzene rings is 2. The van der Waals surface area contributed by atoms with Crippen LogP contribution in [0.2, 0.25) is 0 Å². The summed E-state index contributed by atoms with van der Waals surface area (Å²) in [5.74, 6) is -0.413. The zero-order chi connectivity index (χ0) is 16.2. The lowest BCUT2D eigenvalue weighted by molar-refractivity contribution is -0.134. The zero-order valence-corrected chi connectivity index (χ0v) is 13.4. The van der Waals surface area contributed by atoms with Crippen LogP contribution in [0.1, 0.15) is 37.9 Å². The van der Waals surface area contributed by atoms with E-state index in [1.54, 1.807) is 6.92 Å². The summed E-state index contributed by atoms with van der Waals surface area (Å²) in [6.45, 7) is 6.13. The lowest BCUT2D eigenvalue weighted by atomic mass is 9.99. The van der Waals surface area contributed by atoms with Gasteiger partial charge in [-0.1, -0.05) is 74.5 Å². The highest BCUT2D eigenvalue weighted by Crippen LogP contribution is 2.25. The van der Waals surface area contributed by atoms with E-state index >= 15 is 0 Å². The monoisotopic (exact) mass is 297 g/mol. The predicted octanol–water partition coefficient (Wildman–Crippen LogP) is 4.44. The van der Waals surface area contributed by atoms with Crippen molar-refractivity contribution in [3.05, 3.63) is 71.8 Å². The first-order chi connectivity index (χ1) is 10.8. The molecule has 0 atom stereocenters. The molecule has 0 bridgehead atoms. The van der Waals surface area contributed by atoms with E-state index in [4.69, 9.17) is 4.74 Å². The quantitative estimate of drug-likeness (QED) is 0.604. The molecular formula is C19H23NO2. The fourth-order valence-corrected chi connectivity index (χ4v) is 1.95. The van der Waals surface area contributed by atoms with Crippen molar-refractivity contribution in [2.45, 2.75) is 26.8 Å². The van der Waals surface area contributed by atoms with Gasteiger partial charge < -0.3 is 4.74 Å². The molecule has 0 aliphatic heterocycles. The molecule has 0 saturated carbocycles. The van der Waals surface area contributed by atoms with Crippen molar-refractivity contribution in [1.29, 1.82) is 0 Å². The number of carbonyl (C=O) groups is 1. The van der Waals surface area contributed by atoms with E-state index in [-0.39, 0.29) is 6.04 Å². The van der Waals surface area contributed by atoms with E-state index in [1.807, 2.05) is 74.5 Å². The Kier molecular flexibility index (Phi) is 8.28. The summed E-state index contributed by atoms with van der Waals surface area (Å²) in [5.41, 5.74) is 2.08. The van der Waals surface area contributed by atoms with Crippen LogP contribution in [0.3, 0.4) is 0 Å². The Balaban J connectivity index is 0.00000116. The van der Waals surface area contributed by atoms with Gasteiger partial charge in [-0.3, -0.25) is 4.99 Å². The normalized spacial score (nSPS) is 10.2. The van der Waals surface area contributed by atoms with Crippen molar-refractivity contribution in [2.24, 2.45) is 4.99 Å². The fourth-order valence-electron chi connectivity index (χ4n) is 1.95. The van der Waals surface area contributed by atoms with Crippen molar-refractivity contribution in [3.8, 4) is 0 Å². The Morgan fingerprint density at radius 1 is 1.00 bits per heavy atom. The topological polar surface area (TPSA) is 38.7 Å². The SMILES string of the molecule is CC.CCOC(=O)C=NC(c1ccccc1)c1ccccc1. The molecule has 0 unspecified atom stereocenters. The molecule has 3 nitrogen and oxygen atoms in total. The van der Waals surface area contributed by atoms with Crippen LogP contribution in [0, 0.1) is 0 Å². The van der Waals surface area contributed by atoms with Crippen molar-refractivity contribution in [2.75, 3.05) is 6.61 Å². The average molecular weight is 297 g/mol. The van der Waals surface area contributed by atoms with Crippen molar-refractivity contribution >= 4 is 12.2 Å². The van der Waals surface area contributed by atoms with Gasteiger partial charge in [0.2, 0.25) is 0 Å². The van der Waals surface area contributed by atoms with Gasteiger partial charge in [-0.15, -0.1) is 0 Å². The highest BCUT2D eigenvalue weighted by Gasteiger charge is 2.12. The average Bonchev–Trinajstić information content (AvgIpc) is 2.59. The summed E-state index contributed by atoms with van der Waals surface area (Å²) in [5, 5.41) is 0. The zero-order valence-electron chi connectivity index (χ0n) is 13.4. The maximum absolute atomic E-state index is 11.4. The highest BCUT2D eigenvalue weighted by molar-refractivity contribution is 6.23. The van der Waals surface area contributed by atoms with E-state index in [1.165, 1.54) is 6.21 Å². The molecule has 0 amide bonds. The third-order valence-electron chi connectivity index (χ3n) is 2.85. The van der Waals surface area contributed by atoms with Crippen LogP contribution in [0.4, 0.5) is 0 Å². The minimum atomic E-state index is -0.413. The van der Waals surface area contributed by atoms with Gasteiger partial charge in [-0.05, 0) is 18.1 Å². The molecule has 0 spiro atoms. The van der Waals surface area contributed by atoms with Gasteiger partial charge in [0.25, 0.3) is 0 Å². The van der Waals surface area contributed by atoms with Gasteiger partial charge >= 0.3 is 5.97 Å². The third kappa shape index (κ3) is 5.52. The molecule has 0 aliphatic rings. The molecule has 0 heterocycles. The molecule has 2 rings (SSSR count). The number of carbonyl (C=O) groups excluding carboxylic acids is 1. The van der Waals surface area contributed by atoms with Gasteiger partial charge in [0.1, 0.15) is 12.3 Å². The molecule has 0 saturated heterocycles. The molecule has 2 aromatic carbocycles. The van der Waals surface area contributed by atoms with Gasteiger partial charge in [0, 0.05) is 0 Å². The summed E-state index contributed by atoms with van der Waals surface area (Å²) >= 11 is 0. The highest BCUT2D eigenvalue weighted by atomic mass is 16.5. The Morgan fingerprint density at radius 2 is 1.45 bits per heavy atom. The smallest absolute Gasteiger partial charge is 0.348 e. The van der Waals surface area contributed by atoms with Crippen LogP contribution in [0.5, 0.6) is 0 Å². The summed E-state index contributed by atoms with van der Waals surface area (Å²) in [7, 11) is 0. The summed E-state index contributed by atoms with van der Waals surface area (Å²) in [6.07, 6.45) is 1.26. The number of hydrogen-bond donors (Lipinski definition) is 0. The van der Waals surface area contributed by atoms with Crippen LogP contribution in [-0.2, 0) is 9.53 Å². The van der Waals surface area contributed by atoms with E-state index < -0.39 is 5.97 Å². The number of aliphatic imine (C=N–C) groups is 1. The molecule has 0 N–H and O–H groups in total. The van der Waals surface area contributed by atoms with E-state index in [9.17, 15) is 4.79 Å². The largest absolute Gasteiger partial charge is 0.462 e. The second kappa shape index (κ2) is 10.3. The lowest BCUT2D eigenvalue weighted by Gasteiger charge is -2.13. The van der Waals surface area contributed by atoms with Crippen molar-refractivity contribution in [1.82, 2.24) is 0 Å². The van der Waals surface area contributed by atoms with Crippen LogP contribution in [0.15, 0.2) is 65.7 Å². The van der Waals surface area contributed by atoms with Gasteiger partial charge in [-0.2, -0.15) is 0 Å². The van der Waals surface area contributed by atoms with Crippen molar-refractivity contribution < 1.29 is 9.53 Å². The third-order valence-corrected chi connectivity index (χ3v) is 2.85.